The Morgan fingerprint density at radius 1 is 1.00 bits per heavy atom. The van der Waals surface area contributed by atoms with Crippen molar-refractivity contribution >= 4 is 26.8 Å². The number of aromatic amines is 1. The second kappa shape index (κ2) is 6.18. The maximum absolute atomic E-state index is 12.6. The molecule has 2 aromatic heterocycles. The molecule has 0 aliphatic rings. The van der Waals surface area contributed by atoms with Gasteiger partial charge < -0.3 is 14.5 Å². The summed E-state index contributed by atoms with van der Waals surface area (Å²) >= 11 is 3.48. The number of nitrogens with one attached hydrogen (secondary N) is 1. The molecule has 2 heterocycles. The van der Waals surface area contributed by atoms with Gasteiger partial charge in [0.15, 0.2) is 0 Å². The van der Waals surface area contributed by atoms with Gasteiger partial charge in [-0.05, 0) is 31.5 Å². The minimum atomic E-state index is -0.556. The number of H-pyrrole nitrogens is 1. The molecule has 0 atom stereocenters. The Balaban J connectivity index is 2.12. The van der Waals surface area contributed by atoms with Crippen molar-refractivity contribution in [3.63, 3.8) is 0 Å². The van der Waals surface area contributed by atoms with Crippen molar-refractivity contribution < 1.29 is 9.52 Å². The van der Waals surface area contributed by atoms with Gasteiger partial charge in [0.1, 0.15) is 17.1 Å². The zero-order valence-electron chi connectivity index (χ0n) is 14.3. The second-order valence-electron chi connectivity index (χ2n) is 6.34. The third-order valence-electron chi connectivity index (χ3n) is 4.40. The fourth-order valence-corrected chi connectivity index (χ4v) is 3.55. The molecule has 5 heteroatoms. The molecule has 4 rings (SSSR count). The molecule has 0 aliphatic carbocycles. The highest BCUT2D eigenvalue weighted by Crippen LogP contribution is 2.41. The van der Waals surface area contributed by atoms with E-state index in [1.807, 2.05) is 49.4 Å². The second-order valence-corrected chi connectivity index (χ2v) is 7.25. The first kappa shape index (κ1) is 16.7. The van der Waals surface area contributed by atoms with Crippen molar-refractivity contribution in [2.24, 2.45) is 0 Å². The molecule has 26 heavy (non-hydrogen) atoms. The van der Waals surface area contributed by atoms with E-state index in [2.05, 4.69) is 20.9 Å². The van der Waals surface area contributed by atoms with Gasteiger partial charge in [0.25, 0.3) is 0 Å². The van der Waals surface area contributed by atoms with Gasteiger partial charge in [-0.3, -0.25) is 0 Å². The van der Waals surface area contributed by atoms with Crippen LogP contribution in [0.4, 0.5) is 0 Å². The predicted molar refractivity (Wildman–Crippen MR) is 107 cm³/mol. The average Bonchev–Trinajstić information content (AvgIpc) is 2.93. The van der Waals surface area contributed by atoms with E-state index in [0.717, 1.165) is 32.2 Å². The lowest BCUT2D eigenvalue weighted by Crippen LogP contribution is -2.04. The van der Waals surface area contributed by atoms with Crippen molar-refractivity contribution in [1.29, 1.82) is 0 Å². The molecule has 2 aromatic carbocycles. The first-order valence-electron chi connectivity index (χ1n) is 8.16. The van der Waals surface area contributed by atoms with Crippen LogP contribution in [0.15, 0.2) is 62.2 Å². The monoisotopic (exact) mass is 409 g/mol. The summed E-state index contributed by atoms with van der Waals surface area (Å²) in [5.41, 5.74) is 3.96. The summed E-state index contributed by atoms with van der Waals surface area (Å²) in [6.45, 7) is 3.66. The maximum atomic E-state index is 12.6. The number of fused-ring (bicyclic) bond motifs is 1. The van der Waals surface area contributed by atoms with Crippen molar-refractivity contribution in [2.45, 2.75) is 13.8 Å². The zero-order chi connectivity index (χ0) is 18.4. The molecule has 0 radical (unpaired) electrons. The Hall–Kier alpha value is -2.79. The molecule has 0 saturated carbocycles. The third kappa shape index (κ3) is 2.74. The molecule has 0 spiro atoms. The Kier molecular flexibility index (Phi) is 3.96. The van der Waals surface area contributed by atoms with Crippen LogP contribution in [-0.4, -0.2) is 10.1 Å². The lowest BCUT2D eigenvalue weighted by atomic mass is 9.98. The summed E-state index contributed by atoms with van der Waals surface area (Å²) in [7, 11) is 0. The van der Waals surface area contributed by atoms with E-state index in [9.17, 15) is 9.90 Å². The molecule has 0 aliphatic heterocycles. The van der Waals surface area contributed by atoms with Crippen molar-refractivity contribution in [2.75, 3.05) is 0 Å². The number of benzene rings is 2. The number of hydrogen-bond acceptors (Lipinski definition) is 3. The SMILES string of the molecule is Cc1ccc(-c2[nH]c3cc(Br)ccc3c2-c2c(O)cc(C)oc2=O)cc1. The minimum Gasteiger partial charge on any atom is -0.507 e. The maximum Gasteiger partial charge on any atom is 0.347 e. The van der Waals surface area contributed by atoms with Crippen molar-refractivity contribution in [1.82, 2.24) is 4.98 Å². The lowest BCUT2D eigenvalue weighted by Gasteiger charge is -2.07. The molecule has 0 amide bonds. The van der Waals surface area contributed by atoms with Crippen LogP contribution in [0.3, 0.4) is 0 Å². The van der Waals surface area contributed by atoms with Gasteiger partial charge in [0.2, 0.25) is 0 Å². The molecule has 4 aromatic rings. The van der Waals surface area contributed by atoms with E-state index >= 15 is 0 Å². The molecule has 0 bridgehead atoms. The van der Waals surface area contributed by atoms with Gasteiger partial charge in [-0.25, -0.2) is 4.79 Å². The van der Waals surface area contributed by atoms with Crippen LogP contribution in [0.5, 0.6) is 5.75 Å². The number of hydrogen-bond donors (Lipinski definition) is 2. The van der Waals surface area contributed by atoms with Crippen LogP contribution in [0.2, 0.25) is 0 Å². The van der Waals surface area contributed by atoms with E-state index in [1.54, 1.807) is 6.92 Å². The summed E-state index contributed by atoms with van der Waals surface area (Å²) < 4.78 is 6.18. The number of aromatic nitrogens is 1. The fourth-order valence-electron chi connectivity index (χ4n) is 3.19. The van der Waals surface area contributed by atoms with Gasteiger partial charge in [-0.2, -0.15) is 0 Å². The Morgan fingerprint density at radius 3 is 2.42 bits per heavy atom. The van der Waals surface area contributed by atoms with E-state index in [1.165, 1.54) is 6.07 Å². The standard InChI is InChI=1S/C21H16BrNO3/c1-11-3-5-13(6-4-11)20-18(15-8-7-14(22)10-16(15)23-20)19-17(24)9-12(2)26-21(19)25/h3-10,23-24H,1-2H3. The fraction of sp³-hybridized carbons (Fsp3) is 0.0952. The summed E-state index contributed by atoms with van der Waals surface area (Å²) in [5, 5.41) is 11.3. The Bertz CT molecular complexity index is 1190. The molecule has 0 fully saturated rings. The molecule has 0 saturated heterocycles. The highest BCUT2D eigenvalue weighted by atomic mass is 79.9. The van der Waals surface area contributed by atoms with E-state index < -0.39 is 5.63 Å². The van der Waals surface area contributed by atoms with Crippen LogP contribution in [0.25, 0.3) is 33.3 Å². The predicted octanol–water partition coefficient (Wildman–Crippen LogP) is 5.54. The highest BCUT2D eigenvalue weighted by Gasteiger charge is 2.22. The first-order valence-corrected chi connectivity index (χ1v) is 8.95. The van der Waals surface area contributed by atoms with Crippen molar-refractivity contribution in [3.05, 3.63) is 74.7 Å². The number of rotatable bonds is 2. The normalized spacial score (nSPS) is 11.2. The zero-order valence-corrected chi connectivity index (χ0v) is 15.8. The molecular formula is C21H16BrNO3. The van der Waals surface area contributed by atoms with Crippen LogP contribution >= 0.6 is 15.9 Å². The van der Waals surface area contributed by atoms with Gasteiger partial charge in [0, 0.05) is 27.0 Å². The van der Waals surface area contributed by atoms with E-state index in [-0.39, 0.29) is 11.3 Å². The summed E-state index contributed by atoms with van der Waals surface area (Å²) in [5.74, 6) is 0.284. The lowest BCUT2D eigenvalue weighted by molar-refractivity contribution is 0.438. The Labute approximate surface area is 158 Å². The number of halogens is 1. The van der Waals surface area contributed by atoms with E-state index in [4.69, 9.17) is 4.42 Å². The van der Waals surface area contributed by atoms with Gasteiger partial charge in [-0.1, -0.05) is 51.8 Å². The molecule has 4 nitrogen and oxygen atoms in total. The van der Waals surface area contributed by atoms with Crippen LogP contribution < -0.4 is 5.63 Å². The largest absolute Gasteiger partial charge is 0.507 e. The van der Waals surface area contributed by atoms with Gasteiger partial charge in [0.05, 0.1) is 5.69 Å². The smallest absolute Gasteiger partial charge is 0.347 e. The average molecular weight is 410 g/mol. The summed E-state index contributed by atoms with van der Waals surface area (Å²) in [4.78, 5) is 15.9. The quantitative estimate of drug-likeness (QED) is 0.456. The highest BCUT2D eigenvalue weighted by molar-refractivity contribution is 9.10. The summed E-state index contributed by atoms with van der Waals surface area (Å²) in [6.07, 6.45) is 0. The molecule has 2 N–H and O–H groups in total. The molecular weight excluding hydrogens is 394 g/mol. The minimum absolute atomic E-state index is 0.0871. The topological polar surface area (TPSA) is 66.2 Å². The first-order chi connectivity index (χ1) is 12.4. The Morgan fingerprint density at radius 2 is 1.73 bits per heavy atom. The van der Waals surface area contributed by atoms with Crippen LogP contribution in [0.1, 0.15) is 11.3 Å². The van der Waals surface area contributed by atoms with Gasteiger partial charge in [-0.15, -0.1) is 0 Å². The summed E-state index contributed by atoms with van der Waals surface area (Å²) in [6, 6.07) is 15.2. The van der Waals surface area contributed by atoms with Crippen LogP contribution in [-0.2, 0) is 0 Å². The molecule has 130 valence electrons. The van der Waals surface area contributed by atoms with E-state index in [0.29, 0.717) is 11.3 Å². The van der Waals surface area contributed by atoms with Crippen molar-refractivity contribution in [3.8, 4) is 28.1 Å². The van der Waals surface area contributed by atoms with Gasteiger partial charge >= 0.3 is 5.63 Å². The number of aromatic hydroxyl groups is 1. The third-order valence-corrected chi connectivity index (χ3v) is 4.90. The number of aryl methyl sites for hydroxylation is 2. The molecule has 0 unspecified atom stereocenters. The van der Waals surface area contributed by atoms with Crippen LogP contribution in [0, 0.1) is 13.8 Å².